The molecule has 2 fully saturated rings. The zero-order valence-corrected chi connectivity index (χ0v) is 13.2. The van der Waals surface area contributed by atoms with E-state index < -0.39 is 0 Å². The summed E-state index contributed by atoms with van der Waals surface area (Å²) in [5.74, 6) is 1.46. The number of nitrogens with zero attached hydrogens (tertiary/aromatic N) is 1. The molecule has 4 nitrogen and oxygen atoms in total. The maximum Gasteiger partial charge on any atom is 0.151 e. The van der Waals surface area contributed by atoms with Crippen molar-refractivity contribution in [1.82, 2.24) is 10.3 Å². The lowest BCUT2D eigenvalue weighted by Crippen LogP contribution is -2.43. The minimum Gasteiger partial charge on any atom is -0.481 e. The van der Waals surface area contributed by atoms with E-state index in [-0.39, 0.29) is 12.2 Å². The van der Waals surface area contributed by atoms with E-state index >= 15 is 0 Å². The number of nitrogens with one attached hydrogen (secondary N) is 1. The standard InChI is InChI=1S/C19H22N2O2/c1-2-5-15(6-3-1)19(17-13-20-11-12-22-17)23-16-7-4-10-21-18(16)14-8-9-14/h1-7,10,14,17,19-20H,8-9,11-13H2/t17-,19-/m0/s1. The summed E-state index contributed by atoms with van der Waals surface area (Å²) in [6.07, 6.45) is 4.18. The fraction of sp³-hybridized carbons (Fsp3) is 0.421. The number of morpholine rings is 1. The Hall–Kier alpha value is -1.91. The first-order valence-electron chi connectivity index (χ1n) is 8.40. The van der Waals surface area contributed by atoms with Crippen LogP contribution >= 0.6 is 0 Å². The lowest BCUT2D eigenvalue weighted by Gasteiger charge is -2.32. The molecule has 4 rings (SSSR count). The normalized spacial score (nSPS) is 22.5. The van der Waals surface area contributed by atoms with Crippen molar-refractivity contribution in [2.75, 3.05) is 19.7 Å². The van der Waals surface area contributed by atoms with Crippen molar-refractivity contribution < 1.29 is 9.47 Å². The van der Waals surface area contributed by atoms with Gasteiger partial charge in [0.25, 0.3) is 0 Å². The first-order valence-corrected chi connectivity index (χ1v) is 8.40. The van der Waals surface area contributed by atoms with Gasteiger partial charge >= 0.3 is 0 Å². The van der Waals surface area contributed by atoms with Gasteiger partial charge < -0.3 is 14.8 Å². The van der Waals surface area contributed by atoms with Crippen molar-refractivity contribution in [3.05, 3.63) is 59.9 Å². The van der Waals surface area contributed by atoms with Gasteiger partial charge in [-0.2, -0.15) is 0 Å². The Balaban J connectivity index is 1.63. The van der Waals surface area contributed by atoms with Crippen LogP contribution in [0.4, 0.5) is 0 Å². The Labute approximate surface area is 136 Å². The number of hydrogen-bond acceptors (Lipinski definition) is 4. The molecule has 0 radical (unpaired) electrons. The Morgan fingerprint density at radius 2 is 2.00 bits per heavy atom. The van der Waals surface area contributed by atoms with Crippen LogP contribution < -0.4 is 10.1 Å². The molecule has 1 saturated heterocycles. The molecule has 0 spiro atoms. The van der Waals surface area contributed by atoms with Crippen molar-refractivity contribution in [1.29, 1.82) is 0 Å². The van der Waals surface area contributed by atoms with Crippen LogP contribution in [0.3, 0.4) is 0 Å². The smallest absolute Gasteiger partial charge is 0.151 e. The molecule has 1 aromatic heterocycles. The lowest BCUT2D eigenvalue weighted by atomic mass is 10.0. The molecule has 1 saturated carbocycles. The molecule has 1 aliphatic carbocycles. The highest BCUT2D eigenvalue weighted by Crippen LogP contribution is 2.44. The van der Waals surface area contributed by atoms with Crippen LogP contribution in [0.1, 0.15) is 36.1 Å². The Morgan fingerprint density at radius 1 is 1.13 bits per heavy atom. The maximum absolute atomic E-state index is 6.44. The quantitative estimate of drug-likeness (QED) is 0.922. The number of benzene rings is 1. The molecule has 1 aliphatic heterocycles. The predicted octanol–water partition coefficient (Wildman–Crippen LogP) is 3.07. The van der Waals surface area contributed by atoms with Crippen LogP contribution in [0, 0.1) is 0 Å². The molecule has 2 aliphatic rings. The molecule has 2 heterocycles. The topological polar surface area (TPSA) is 43.4 Å². The second-order valence-electron chi connectivity index (χ2n) is 6.22. The zero-order chi connectivity index (χ0) is 15.5. The van der Waals surface area contributed by atoms with Gasteiger partial charge in [-0.05, 0) is 30.5 Å². The van der Waals surface area contributed by atoms with Gasteiger partial charge in [-0.15, -0.1) is 0 Å². The van der Waals surface area contributed by atoms with Gasteiger partial charge in [-0.25, -0.2) is 0 Å². The molecule has 23 heavy (non-hydrogen) atoms. The largest absolute Gasteiger partial charge is 0.481 e. The second-order valence-corrected chi connectivity index (χ2v) is 6.22. The first kappa shape index (κ1) is 14.7. The van der Waals surface area contributed by atoms with Crippen LogP contribution in [0.25, 0.3) is 0 Å². The number of pyridine rings is 1. The summed E-state index contributed by atoms with van der Waals surface area (Å²) in [5.41, 5.74) is 2.24. The van der Waals surface area contributed by atoms with E-state index in [0.29, 0.717) is 5.92 Å². The molecule has 2 aromatic rings. The first-order chi connectivity index (χ1) is 11.4. The average Bonchev–Trinajstić information content (AvgIpc) is 3.46. The van der Waals surface area contributed by atoms with Gasteiger partial charge in [-0.3, -0.25) is 4.98 Å². The van der Waals surface area contributed by atoms with E-state index in [2.05, 4.69) is 22.4 Å². The molecule has 2 atom stereocenters. The number of hydrogen-bond donors (Lipinski definition) is 1. The summed E-state index contributed by atoms with van der Waals surface area (Å²) in [6, 6.07) is 14.3. The summed E-state index contributed by atoms with van der Waals surface area (Å²) >= 11 is 0. The predicted molar refractivity (Wildman–Crippen MR) is 88.6 cm³/mol. The number of aromatic nitrogens is 1. The highest BCUT2D eigenvalue weighted by Gasteiger charge is 2.32. The Kier molecular flexibility index (Phi) is 4.26. The summed E-state index contributed by atoms with van der Waals surface area (Å²) in [5, 5.41) is 3.40. The highest BCUT2D eigenvalue weighted by molar-refractivity contribution is 5.34. The van der Waals surface area contributed by atoms with Gasteiger partial charge in [0.15, 0.2) is 6.10 Å². The number of rotatable bonds is 5. The summed E-state index contributed by atoms with van der Waals surface area (Å²) < 4.78 is 12.4. The number of ether oxygens (including phenoxy) is 2. The minimum absolute atomic E-state index is 0.0124. The van der Waals surface area contributed by atoms with Gasteiger partial charge in [0.1, 0.15) is 11.9 Å². The van der Waals surface area contributed by atoms with Gasteiger partial charge in [-0.1, -0.05) is 30.3 Å². The average molecular weight is 310 g/mol. The minimum atomic E-state index is -0.120. The van der Waals surface area contributed by atoms with Crippen molar-refractivity contribution in [2.24, 2.45) is 0 Å². The van der Waals surface area contributed by atoms with Gasteiger partial charge in [0.05, 0.1) is 12.3 Å². The third kappa shape index (κ3) is 3.38. The van der Waals surface area contributed by atoms with Crippen molar-refractivity contribution in [3.63, 3.8) is 0 Å². The molecule has 0 bridgehead atoms. The van der Waals surface area contributed by atoms with Gasteiger partial charge in [0, 0.05) is 25.2 Å². The van der Waals surface area contributed by atoms with E-state index in [9.17, 15) is 0 Å². The molecule has 0 amide bonds. The van der Waals surface area contributed by atoms with E-state index in [4.69, 9.17) is 9.47 Å². The van der Waals surface area contributed by atoms with Crippen LogP contribution in [0.5, 0.6) is 5.75 Å². The lowest BCUT2D eigenvalue weighted by molar-refractivity contribution is -0.0436. The molecular weight excluding hydrogens is 288 g/mol. The summed E-state index contributed by atoms with van der Waals surface area (Å²) in [7, 11) is 0. The summed E-state index contributed by atoms with van der Waals surface area (Å²) in [6.45, 7) is 2.43. The fourth-order valence-corrected chi connectivity index (χ4v) is 3.08. The van der Waals surface area contributed by atoms with E-state index in [1.54, 1.807) is 0 Å². The third-order valence-electron chi connectivity index (χ3n) is 4.44. The molecular formula is C19H22N2O2. The SMILES string of the molecule is c1ccc([C@H](Oc2cccnc2C2CC2)[C@@H]2CNCCO2)cc1. The second kappa shape index (κ2) is 6.69. The Bertz CT molecular complexity index is 637. The van der Waals surface area contributed by atoms with Crippen molar-refractivity contribution in [2.45, 2.75) is 31.0 Å². The third-order valence-corrected chi connectivity index (χ3v) is 4.44. The molecule has 0 unspecified atom stereocenters. The fourth-order valence-electron chi connectivity index (χ4n) is 3.08. The van der Waals surface area contributed by atoms with Crippen LogP contribution in [-0.4, -0.2) is 30.8 Å². The monoisotopic (exact) mass is 310 g/mol. The van der Waals surface area contributed by atoms with Crippen LogP contribution in [-0.2, 0) is 4.74 Å². The maximum atomic E-state index is 6.44. The Morgan fingerprint density at radius 3 is 2.74 bits per heavy atom. The van der Waals surface area contributed by atoms with Crippen molar-refractivity contribution >= 4 is 0 Å². The molecule has 120 valence electrons. The summed E-state index contributed by atoms with van der Waals surface area (Å²) in [4.78, 5) is 4.55. The van der Waals surface area contributed by atoms with Gasteiger partial charge in [0.2, 0.25) is 0 Å². The molecule has 1 aromatic carbocycles. The molecule has 1 N–H and O–H groups in total. The van der Waals surface area contributed by atoms with E-state index in [1.165, 1.54) is 12.8 Å². The zero-order valence-electron chi connectivity index (χ0n) is 13.2. The van der Waals surface area contributed by atoms with E-state index in [1.807, 2.05) is 36.5 Å². The highest BCUT2D eigenvalue weighted by atomic mass is 16.5. The van der Waals surface area contributed by atoms with Crippen LogP contribution in [0.2, 0.25) is 0 Å². The molecule has 4 heteroatoms. The van der Waals surface area contributed by atoms with Crippen LogP contribution in [0.15, 0.2) is 48.7 Å². The van der Waals surface area contributed by atoms with Crippen molar-refractivity contribution in [3.8, 4) is 5.75 Å². The van der Waals surface area contributed by atoms with E-state index in [0.717, 1.165) is 36.7 Å².